The molecule has 4 fully saturated rings. The predicted octanol–water partition coefficient (Wildman–Crippen LogP) is 1.70. The van der Waals surface area contributed by atoms with Gasteiger partial charge in [0.1, 0.15) is 16.8 Å². The van der Waals surface area contributed by atoms with Gasteiger partial charge >= 0.3 is 5.97 Å². The van der Waals surface area contributed by atoms with Gasteiger partial charge in [-0.15, -0.1) is 0 Å². The third-order valence-corrected chi connectivity index (χ3v) is 6.72. The van der Waals surface area contributed by atoms with Crippen molar-refractivity contribution in [3.05, 3.63) is 11.1 Å². The van der Waals surface area contributed by atoms with Gasteiger partial charge in [0, 0.05) is 37.5 Å². The Morgan fingerprint density at radius 3 is 2.81 bits per heavy atom. The molecule has 0 N–H and O–H groups in total. The summed E-state index contributed by atoms with van der Waals surface area (Å²) < 4.78 is 23.7. The normalized spacial score (nSPS) is 59.7. The number of fused-ring (bicyclic) bond motifs is 1. The Hall–Kier alpha value is -0.910. The van der Waals surface area contributed by atoms with Gasteiger partial charge in [-0.3, -0.25) is 0 Å². The van der Waals surface area contributed by atoms with E-state index in [2.05, 4.69) is 13.8 Å². The van der Waals surface area contributed by atoms with Gasteiger partial charge in [0.25, 0.3) is 0 Å². The summed E-state index contributed by atoms with van der Waals surface area (Å²) in [6.45, 7) is 6.17. The van der Waals surface area contributed by atoms with E-state index in [1.165, 1.54) is 0 Å². The molecule has 3 heterocycles. The summed E-state index contributed by atoms with van der Waals surface area (Å²) in [6.07, 6.45) is 2.56. The van der Waals surface area contributed by atoms with Crippen molar-refractivity contribution in [1.82, 2.24) is 0 Å². The lowest BCUT2D eigenvalue weighted by Gasteiger charge is -2.30. The van der Waals surface area contributed by atoms with Gasteiger partial charge in [-0.1, -0.05) is 6.92 Å². The summed E-state index contributed by atoms with van der Waals surface area (Å²) in [5, 5.41) is 0. The van der Waals surface area contributed by atoms with Crippen LogP contribution >= 0.6 is 0 Å². The molecule has 2 saturated carbocycles. The lowest BCUT2D eigenvalue weighted by Crippen LogP contribution is -2.41. The second-order valence-corrected chi connectivity index (χ2v) is 7.50. The van der Waals surface area contributed by atoms with E-state index in [1.54, 1.807) is 7.11 Å². The van der Waals surface area contributed by atoms with Crippen molar-refractivity contribution in [1.29, 1.82) is 0 Å². The minimum absolute atomic E-state index is 0.118. The Morgan fingerprint density at radius 1 is 1.33 bits per heavy atom. The Labute approximate surface area is 123 Å². The van der Waals surface area contributed by atoms with Crippen LogP contribution in [0.25, 0.3) is 0 Å². The fourth-order valence-electron chi connectivity index (χ4n) is 5.54. The quantitative estimate of drug-likeness (QED) is 0.544. The topological polar surface area (TPSA) is 60.6 Å². The highest BCUT2D eigenvalue weighted by molar-refractivity contribution is 5.92. The fourth-order valence-corrected chi connectivity index (χ4v) is 5.54. The summed E-state index contributed by atoms with van der Waals surface area (Å²) in [5.41, 5.74) is 1.01. The van der Waals surface area contributed by atoms with Crippen LogP contribution in [0.1, 0.15) is 40.0 Å². The molecule has 1 unspecified atom stereocenters. The van der Waals surface area contributed by atoms with E-state index in [9.17, 15) is 4.79 Å². The third kappa shape index (κ3) is 1.04. The highest BCUT2D eigenvalue weighted by Crippen LogP contribution is 2.79. The second kappa shape index (κ2) is 3.07. The summed E-state index contributed by atoms with van der Waals surface area (Å²) in [4.78, 5) is 12.1. The van der Waals surface area contributed by atoms with Crippen molar-refractivity contribution < 1.29 is 23.7 Å². The van der Waals surface area contributed by atoms with Gasteiger partial charge in [0.05, 0.1) is 6.10 Å². The first-order valence-corrected chi connectivity index (χ1v) is 7.71. The van der Waals surface area contributed by atoms with E-state index in [0.717, 1.165) is 12.0 Å². The monoisotopic (exact) mass is 292 g/mol. The van der Waals surface area contributed by atoms with Gasteiger partial charge in [0.2, 0.25) is 5.79 Å². The van der Waals surface area contributed by atoms with Crippen LogP contribution in [0.15, 0.2) is 11.1 Å². The molecular weight excluding hydrogens is 272 g/mol. The van der Waals surface area contributed by atoms with Crippen LogP contribution in [0.2, 0.25) is 0 Å². The summed E-state index contributed by atoms with van der Waals surface area (Å²) in [5.74, 6) is -0.958. The molecule has 0 amide bonds. The van der Waals surface area contributed by atoms with Crippen molar-refractivity contribution in [2.24, 2.45) is 5.92 Å². The van der Waals surface area contributed by atoms with Crippen LogP contribution in [0.5, 0.6) is 0 Å². The van der Waals surface area contributed by atoms with Crippen molar-refractivity contribution in [3.63, 3.8) is 0 Å². The van der Waals surface area contributed by atoms with Crippen LogP contribution in [-0.2, 0) is 23.7 Å². The highest BCUT2D eigenvalue weighted by Gasteiger charge is 2.93. The minimum Gasteiger partial charge on any atom is -0.426 e. The lowest BCUT2D eigenvalue weighted by molar-refractivity contribution is -0.198. The molecule has 0 aromatic heterocycles. The molecule has 0 aromatic rings. The molecule has 3 aliphatic heterocycles. The van der Waals surface area contributed by atoms with Crippen LogP contribution < -0.4 is 0 Å². The van der Waals surface area contributed by atoms with Crippen molar-refractivity contribution in [3.8, 4) is 0 Å². The molecule has 114 valence electrons. The highest BCUT2D eigenvalue weighted by atomic mass is 16.7. The Morgan fingerprint density at radius 2 is 2.10 bits per heavy atom. The van der Waals surface area contributed by atoms with Crippen LogP contribution in [0, 0.1) is 5.92 Å². The van der Waals surface area contributed by atoms with E-state index >= 15 is 0 Å². The van der Waals surface area contributed by atoms with E-state index in [4.69, 9.17) is 18.9 Å². The molecule has 2 saturated heterocycles. The van der Waals surface area contributed by atoms with E-state index in [0.29, 0.717) is 18.4 Å². The zero-order valence-corrected chi connectivity index (χ0v) is 12.8. The van der Waals surface area contributed by atoms with Crippen LogP contribution in [0.3, 0.4) is 0 Å². The SMILES string of the molecule is COC12C[C@@H](C)[C@]34O[C@H]3C[C@@]3(C)O[C@@]43CC1=C(C)C(=O)O2. The first-order valence-electron chi connectivity index (χ1n) is 7.71. The molecule has 2 aliphatic carbocycles. The van der Waals surface area contributed by atoms with E-state index in [-0.39, 0.29) is 34.8 Å². The summed E-state index contributed by atoms with van der Waals surface area (Å²) in [7, 11) is 1.62. The average Bonchev–Trinajstić information content (AvgIpc) is 3.26. The average molecular weight is 292 g/mol. The summed E-state index contributed by atoms with van der Waals surface area (Å²) in [6, 6.07) is 0. The zero-order valence-electron chi connectivity index (χ0n) is 12.8. The van der Waals surface area contributed by atoms with Gasteiger partial charge in [-0.2, -0.15) is 0 Å². The largest absolute Gasteiger partial charge is 0.426 e. The number of carbonyl (C=O) groups is 1. The standard InChI is InChI=1S/C16H20O5/c1-8-5-14(18-4)10(9(2)12(17)20-14)6-15-13(3,21-15)7-11-16(8,15)19-11/h8,11H,5-7H2,1-4H3/t8-,11+,13-,14?,15-,16+/m1/s1. The van der Waals surface area contributed by atoms with Gasteiger partial charge < -0.3 is 18.9 Å². The molecule has 5 rings (SSSR count). The first-order chi connectivity index (χ1) is 9.84. The van der Waals surface area contributed by atoms with Crippen LogP contribution in [0.4, 0.5) is 0 Å². The van der Waals surface area contributed by atoms with Gasteiger partial charge in [-0.25, -0.2) is 4.79 Å². The molecule has 5 nitrogen and oxygen atoms in total. The number of hydrogen-bond donors (Lipinski definition) is 0. The zero-order chi connectivity index (χ0) is 14.8. The maximum atomic E-state index is 12.1. The Bertz CT molecular complexity index is 626. The molecule has 0 bridgehead atoms. The van der Waals surface area contributed by atoms with E-state index in [1.807, 2.05) is 6.92 Å². The van der Waals surface area contributed by atoms with Gasteiger partial charge in [0.15, 0.2) is 0 Å². The number of methoxy groups -OCH3 is 1. The van der Waals surface area contributed by atoms with E-state index < -0.39 is 5.79 Å². The van der Waals surface area contributed by atoms with Crippen molar-refractivity contribution in [2.75, 3.05) is 7.11 Å². The van der Waals surface area contributed by atoms with Crippen molar-refractivity contribution >= 4 is 5.97 Å². The number of epoxide rings is 2. The molecule has 2 spiro atoms. The summed E-state index contributed by atoms with van der Waals surface area (Å²) >= 11 is 0. The number of hydrogen-bond acceptors (Lipinski definition) is 5. The maximum absolute atomic E-state index is 12.1. The molecule has 6 atom stereocenters. The van der Waals surface area contributed by atoms with Crippen LogP contribution in [-0.4, -0.2) is 41.8 Å². The predicted molar refractivity (Wildman–Crippen MR) is 71.4 cm³/mol. The Kier molecular flexibility index (Phi) is 1.85. The number of ether oxygens (including phenoxy) is 4. The molecule has 21 heavy (non-hydrogen) atoms. The molecule has 5 aliphatic rings. The number of carbonyl (C=O) groups excluding carboxylic acids is 1. The maximum Gasteiger partial charge on any atom is 0.336 e. The first kappa shape index (κ1) is 12.6. The van der Waals surface area contributed by atoms with Gasteiger partial charge in [-0.05, 0) is 19.8 Å². The Balaban J connectivity index is 1.70. The molecule has 5 heteroatoms. The molecule has 0 radical (unpaired) electrons. The third-order valence-electron chi connectivity index (χ3n) is 6.72. The fraction of sp³-hybridized carbons (Fsp3) is 0.812. The smallest absolute Gasteiger partial charge is 0.336 e. The second-order valence-electron chi connectivity index (χ2n) is 7.50. The molecular formula is C16H20O5. The number of esters is 1. The number of rotatable bonds is 1. The lowest BCUT2D eigenvalue weighted by atomic mass is 9.78. The van der Waals surface area contributed by atoms with Crippen molar-refractivity contribution in [2.45, 2.75) is 68.7 Å². The minimum atomic E-state index is -0.919. The molecule has 0 aromatic carbocycles.